The van der Waals surface area contributed by atoms with Crippen LogP contribution < -0.4 is 0 Å². The van der Waals surface area contributed by atoms with Gasteiger partial charge in [0, 0.05) is 13.0 Å². The number of rotatable bonds is 2. The van der Waals surface area contributed by atoms with Crippen LogP contribution in [0.5, 0.6) is 0 Å². The van der Waals surface area contributed by atoms with Crippen LogP contribution in [0.3, 0.4) is 0 Å². The topological polar surface area (TPSA) is 29.5 Å². The highest BCUT2D eigenvalue weighted by molar-refractivity contribution is 4.95. The van der Waals surface area contributed by atoms with Crippen molar-refractivity contribution in [3.63, 3.8) is 0 Å². The molecule has 1 aliphatic carbocycles. The quantitative estimate of drug-likeness (QED) is 0.815. The maximum atomic E-state index is 11.0. The Hall–Kier alpha value is -0.0800. The van der Waals surface area contributed by atoms with Crippen molar-refractivity contribution in [2.24, 2.45) is 23.7 Å². The first-order chi connectivity index (χ1) is 8.42. The molecule has 2 fully saturated rings. The summed E-state index contributed by atoms with van der Waals surface area (Å²) in [5.41, 5.74) is -0.457. The van der Waals surface area contributed by atoms with Crippen molar-refractivity contribution in [2.75, 3.05) is 6.61 Å². The summed E-state index contributed by atoms with van der Waals surface area (Å²) in [5, 5.41) is 11.0. The van der Waals surface area contributed by atoms with Gasteiger partial charge < -0.3 is 9.84 Å². The highest BCUT2D eigenvalue weighted by Gasteiger charge is 2.44. The summed E-state index contributed by atoms with van der Waals surface area (Å²) in [4.78, 5) is 0. The fourth-order valence-electron chi connectivity index (χ4n) is 3.73. The Kier molecular flexibility index (Phi) is 4.38. The molecule has 0 bridgehead atoms. The Morgan fingerprint density at radius 1 is 1.17 bits per heavy atom. The summed E-state index contributed by atoms with van der Waals surface area (Å²) in [5.74, 6) is 2.59. The second-order valence-corrected chi connectivity index (χ2v) is 7.18. The number of aliphatic hydroxyl groups is 1. The van der Waals surface area contributed by atoms with Gasteiger partial charge in [-0.1, -0.05) is 34.1 Å². The van der Waals surface area contributed by atoms with E-state index in [1.54, 1.807) is 0 Å². The van der Waals surface area contributed by atoms with E-state index in [4.69, 9.17) is 4.74 Å². The molecule has 0 amide bonds. The molecular weight excluding hydrogens is 224 g/mol. The van der Waals surface area contributed by atoms with E-state index in [1.165, 1.54) is 19.3 Å². The SMILES string of the molecule is CC(C)C1CC(O)(C2CCC(C)C(C)C2)CCO1. The Balaban J connectivity index is 2.01. The first-order valence-corrected chi connectivity index (χ1v) is 7.76. The molecule has 1 saturated carbocycles. The van der Waals surface area contributed by atoms with Crippen LogP contribution in [0, 0.1) is 23.7 Å². The third-order valence-electron chi connectivity index (χ3n) is 5.52. The van der Waals surface area contributed by atoms with E-state index in [2.05, 4.69) is 27.7 Å². The van der Waals surface area contributed by atoms with E-state index in [1.807, 2.05) is 0 Å². The van der Waals surface area contributed by atoms with Gasteiger partial charge in [0.25, 0.3) is 0 Å². The molecule has 2 aliphatic rings. The first kappa shape index (κ1) is 14.3. The minimum atomic E-state index is -0.457. The number of ether oxygens (including phenoxy) is 1. The van der Waals surface area contributed by atoms with Crippen molar-refractivity contribution < 1.29 is 9.84 Å². The van der Waals surface area contributed by atoms with Crippen LogP contribution in [0.15, 0.2) is 0 Å². The maximum Gasteiger partial charge on any atom is 0.0722 e. The Labute approximate surface area is 112 Å². The molecule has 18 heavy (non-hydrogen) atoms. The fourth-order valence-corrected chi connectivity index (χ4v) is 3.73. The lowest BCUT2D eigenvalue weighted by Crippen LogP contribution is -2.49. The van der Waals surface area contributed by atoms with Crippen LogP contribution in [-0.4, -0.2) is 23.4 Å². The average Bonchev–Trinajstić information content (AvgIpc) is 2.32. The summed E-state index contributed by atoms with van der Waals surface area (Å²) < 4.78 is 5.81. The molecular formula is C16H30O2. The lowest BCUT2D eigenvalue weighted by Gasteiger charge is -2.47. The molecule has 5 atom stereocenters. The molecule has 1 N–H and O–H groups in total. The van der Waals surface area contributed by atoms with Gasteiger partial charge in [-0.25, -0.2) is 0 Å². The van der Waals surface area contributed by atoms with Gasteiger partial charge in [0.05, 0.1) is 11.7 Å². The lowest BCUT2D eigenvalue weighted by atomic mass is 9.66. The summed E-state index contributed by atoms with van der Waals surface area (Å²) >= 11 is 0. The molecule has 0 aromatic heterocycles. The van der Waals surface area contributed by atoms with Gasteiger partial charge >= 0.3 is 0 Å². The first-order valence-electron chi connectivity index (χ1n) is 7.76. The molecule has 1 heterocycles. The zero-order valence-electron chi connectivity index (χ0n) is 12.5. The standard InChI is InChI=1S/C16H30O2/c1-11(2)15-10-16(17,7-8-18-15)14-6-5-12(3)13(4)9-14/h11-15,17H,5-10H2,1-4H3. The van der Waals surface area contributed by atoms with Gasteiger partial charge in [-0.2, -0.15) is 0 Å². The monoisotopic (exact) mass is 254 g/mol. The zero-order chi connectivity index (χ0) is 13.3. The number of hydrogen-bond acceptors (Lipinski definition) is 2. The van der Waals surface area contributed by atoms with Gasteiger partial charge in [0.2, 0.25) is 0 Å². The van der Waals surface area contributed by atoms with Crippen molar-refractivity contribution in [1.29, 1.82) is 0 Å². The van der Waals surface area contributed by atoms with Crippen LogP contribution in [0.2, 0.25) is 0 Å². The molecule has 1 aliphatic heterocycles. The van der Waals surface area contributed by atoms with E-state index >= 15 is 0 Å². The van der Waals surface area contributed by atoms with Gasteiger partial charge in [-0.15, -0.1) is 0 Å². The minimum Gasteiger partial charge on any atom is -0.389 e. The van der Waals surface area contributed by atoms with Gasteiger partial charge in [-0.3, -0.25) is 0 Å². The summed E-state index contributed by atoms with van der Waals surface area (Å²) in [6.07, 6.45) is 5.60. The molecule has 2 nitrogen and oxygen atoms in total. The van der Waals surface area contributed by atoms with Crippen molar-refractivity contribution in [1.82, 2.24) is 0 Å². The summed E-state index contributed by atoms with van der Waals surface area (Å²) in [6.45, 7) is 9.83. The minimum absolute atomic E-state index is 0.249. The highest BCUT2D eigenvalue weighted by Crippen LogP contribution is 2.44. The second kappa shape index (κ2) is 5.50. The average molecular weight is 254 g/mol. The lowest BCUT2D eigenvalue weighted by molar-refractivity contribution is -0.152. The van der Waals surface area contributed by atoms with Crippen molar-refractivity contribution in [3.05, 3.63) is 0 Å². The summed E-state index contributed by atoms with van der Waals surface area (Å²) in [7, 11) is 0. The van der Waals surface area contributed by atoms with Crippen molar-refractivity contribution in [2.45, 2.75) is 71.5 Å². The Morgan fingerprint density at radius 3 is 2.50 bits per heavy atom. The molecule has 2 heteroatoms. The van der Waals surface area contributed by atoms with Crippen molar-refractivity contribution >= 4 is 0 Å². The Bertz CT molecular complexity index is 276. The van der Waals surface area contributed by atoms with Crippen molar-refractivity contribution in [3.8, 4) is 0 Å². The molecule has 0 radical (unpaired) electrons. The van der Waals surface area contributed by atoms with E-state index in [-0.39, 0.29) is 6.10 Å². The molecule has 5 unspecified atom stereocenters. The van der Waals surface area contributed by atoms with Crippen LogP contribution in [0.25, 0.3) is 0 Å². The molecule has 0 aromatic rings. The summed E-state index contributed by atoms with van der Waals surface area (Å²) in [6, 6.07) is 0. The van der Waals surface area contributed by atoms with E-state index in [9.17, 15) is 5.11 Å². The Morgan fingerprint density at radius 2 is 1.89 bits per heavy atom. The molecule has 106 valence electrons. The smallest absolute Gasteiger partial charge is 0.0722 e. The van der Waals surface area contributed by atoms with E-state index in [0.717, 1.165) is 31.3 Å². The molecule has 1 saturated heterocycles. The van der Waals surface area contributed by atoms with Crippen LogP contribution in [-0.2, 0) is 4.74 Å². The third kappa shape index (κ3) is 2.91. The van der Waals surface area contributed by atoms with E-state index < -0.39 is 5.60 Å². The van der Waals surface area contributed by atoms with Gasteiger partial charge in [0.15, 0.2) is 0 Å². The van der Waals surface area contributed by atoms with Gasteiger partial charge in [-0.05, 0) is 42.9 Å². The fraction of sp³-hybridized carbons (Fsp3) is 1.00. The van der Waals surface area contributed by atoms with Gasteiger partial charge in [0.1, 0.15) is 0 Å². The third-order valence-corrected chi connectivity index (χ3v) is 5.52. The maximum absolute atomic E-state index is 11.0. The normalized spacial score (nSPS) is 46.3. The van der Waals surface area contributed by atoms with Crippen LogP contribution >= 0.6 is 0 Å². The zero-order valence-corrected chi connectivity index (χ0v) is 12.5. The molecule has 2 rings (SSSR count). The van der Waals surface area contributed by atoms with Crippen LogP contribution in [0.4, 0.5) is 0 Å². The van der Waals surface area contributed by atoms with E-state index in [0.29, 0.717) is 11.8 Å². The largest absolute Gasteiger partial charge is 0.389 e. The van der Waals surface area contributed by atoms with Crippen LogP contribution in [0.1, 0.15) is 59.8 Å². The number of hydrogen-bond donors (Lipinski definition) is 1. The second-order valence-electron chi connectivity index (χ2n) is 7.18. The molecule has 0 spiro atoms. The predicted octanol–water partition coefficient (Wildman–Crippen LogP) is 3.62. The highest BCUT2D eigenvalue weighted by atomic mass is 16.5. The predicted molar refractivity (Wildman–Crippen MR) is 74.4 cm³/mol. The molecule has 0 aromatic carbocycles.